The van der Waals surface area contributed by atoms with Crippen molar-refractivity contribution in [3.63, 3.8) is 0 Å². The average molecular weight is 653 g/mol. The van der Waals surface area contributed by atoms with Crippen LogP contribution >= 0.6 is 0 Å². The van der Waals surface area contributed by atoms with Crippen LogP contribution in [0.3, 0.4) is 0 Å². The van der Waals surface area contributed by atoms with Gasteiger partial charge in [0.05, 0.1) is 11.2 Å². The minimum atomic E-state index is 0.587. The number of hydrogen-bond acceptors (Lipinski definition) is 5. The number of pyridine rings is 1. The highest BCUT2D eigenvalue weighted by atomic mass is 16.3. The van der Waals surface area contributed by atoms with Crippen molar-refractivity contribution in [2.45, 2.75) is 0 Å². The van der Waals surface area contributed by atoms with Crippen molar-refractivity contribution in [3.8, 4) is 56.5 Å². The molecule has 5 nitrogen and oxygen atoms in total. The average Bonchev–Trinajstić information content (AvgIpc) is 3.59. The van der Waals surface area contributed by atoms with Crippen molar-refractivity contribution in [3.05, 3.63) is 170 Å². The second kappa shape index (κ2) is 11.9. The Labute approximate surface area is 293 Å². The van der Waals surface area contributed by atoms with Crippen LogP contribution in [0, 0.1) is 0 Å². The SMILES string of the molecule is c1ccc(-c2ccc(-c3nc(-c4cccc5ccc(-c6ccc7ccccc7n6)cc45)nc(-c4cccc5oc6ccccc6c45)n3)cc2)cc1. The summed E-state index contributed by atoms with van der Waals surface area (Å²) in [6, 6.07) is 58.1. The zero-order chi connectivity index (χ0) is 33.7. The Bertz CT molecular complexity index is 2910. The van der Waals surface area contributed by atoms with E-state index in [4.69, 9.17) is 24.4 Å². The Morgan fingerprint density at radius 1 is 0.353 bits per heavy atom. The van der Waals surface area contributed by atoms with E-state index in [9.17, 15) is 0 Å². The molecule has 0 saturated heterocycles. The second-order valence-corrected chi connectivity index (χ2v) is 12.7. The third kappa shape index (κ3) is 5.11. The van der Waals surface area contributed by atoms with Gasteiger partial charge >= 0.3 is 0 Å². The van der Waals surface area contributed by atoms with E-state index in [2.05, 4.69) is 121 Å². The van der Waals surface area contributed by atoms with E-state index in [1.54, 1.807) is 0 Å². The van der Waals surface area contributed by atoms with Gasteiger partial charge in [0.15, 0.2) is 17.5 Å². The predicted octanol–water partition coefficient (Wildman–Crippen LogP) is 11.8. The summed E-state index contributed by atoms with van der Waals surface area (Å²) in [5, 5.41) is 5.26. The van der Waals surface area contributed by atoms with Crippen LogP contribution in [0.2, 0.25) is 0 Å². The fourth-order valence-corrected chi connectivity index (χ4v) is 7.00. The molecule has 238 valence electrons. The van der Waals surface area contributed by atoms with E-state index in [1.165, 1.54) is 0 Å². The molecule has 5 heteroatoms. The second-order valence-electron chi connectivity index (χ2n) is 12.7. The maximum atomic E-state index is 6.26. The third-order valence-electron chi connectivity index (χ3n) is 9.55. The lowest BCUT2D eigenvalue weighted by Gasteiger charge is -2.12. The van der Waals surface area contributed by atoms with Crippen LogP contribution in [0.1, 0.15) is 0 Å². The molecular formula is C46H28N4O. The highest BCUT2D eigenvalue weighted by Gasteiger charge is 2.19. The number of furan rings is 1. The van der Waals surface area contributed by atoms with Gasteiger partial charge < -0.3 is 4.42 Å². The first-order chi connectivity index (χ1) is 25.2. The summed E-state index contributed by atoms with van der Waals surface area (Å²) in [5.41, 5.74) is 9.55. The maximum Gasteiger partial charge on any atom is 0.164 e. The van der Waals surface area contributed by atoms with Gasteiger partial charge in [-0.25, -0.2) is 19.9 Å². The van der Waals surface area contributed by atoms with Crippen LogP contribution in [-0.4, -0.2) is 19.9 Å². The first kappa shape index (κ1) is 29.0. The summed E-state index contributed by atoms with van der Waals surface area (Å²) >= 11 is 0. The van der Waals surface area contributed by atoms with E-state index < -0.39 is 0 Å². The molecule has 0 aliphatic heterocycles. The lowest BCUT2D eigenvalue weighted by Crippen LogP contribution is -2.01. The molecule has 0 bridgehead atoms. The number of hydrogen-bond donors (Lipinski definition) is 0. The van der Waals surface area contributed by atoms with E-state index in [1.807, 2.05) is 48.5 Å². The highest BCUT2D eigenvalue weighted by molar-refractivity contribution is 6.12. The summed E-state index contributed by atoms with van der Waals surface area (Å²) in [6.07, 6.45) is 0. The lowest BCUT2D eigenvalue weighted by molar-refractivity contribution is 0.669. The van der Waals surface area contributed by atoms with Crippen molar-refractivity contribution in [2.75, 3.05) is 0 Å². The molecule has 51 heavy (non-hydrogen) atoms. The van der Waals surface area contributed by atoms with Crippen LogP contribution in [-0.2, 0) is 0 Å². The Hall–Kier alpha value is -6.98. The molecule has 3 aromatic heterocycles. The van der Waals surface area contributed by atoms with E-state index in [0.717, 1.165) is 82.7 Å². The molecule has 0 fully saturated rings. The van der Waals surface area contributed by atoms with Crippen LogP contribution < -0.4 is 0 Å². The highest BCUT2D eigenvalue weighted by Crippen LogP contribution is 2.38. The molecule has 0 aliphatic carbocycles. The van der Waals surface area contributed by atoms with Crippen LogP contribution in [0.15, 0.2) is 174 Å². The molecule has 7 aromatic carbocycles. The fourth-order valence-electron chi connectivity index (χ4n) is 7.00. The number of nitrogens with zero attached hydrogens (tertiary/aromatic N) is 4. The van der Waals surface area contributed by atoms with E-state index in [-0.39, 0.29) is 0 Å². The van der Waals surface area contributed by atoms with E-state index in [0.29, 0.717) is 17.5 Å². The van der Waals surface area contributed by atoms with Gasteiger partial charge in [-0.05, 0) is 52.2 Å². The summed E-state index contributed by atoms with van der Waals surface area (Å²) in [7, 11) is 0. The van der Waals surface area contributed by atoms with Crippen molar-refractivity contribution < 1.29 is 4.42 Å². The largest absolute Gasteiger partial charge is 0.456 e. The van der Waals surface area contributed by atoms with Gasteiger partial charge in [0, 0.05) is 38.4 Å². The first-order valence-corrected chi connectivity index (χ1v) is 17.0. The van der Waals surface area contributed by atoms with Gasteiger partial charge in [-0.3, -0.25) is 0 Å². The Kier molecular flexibility index (Phi) is 6.74. The van der Waals surface area contributed by atoms with E-state index >= 15 is 0 Å². The fraction of sp³-hybridized carbons (Fsp3) is 0. The van der Waals surface area contributed by atoms with Crippen molar-refractivity contribution >= 4 is 43.6 Å². The quantitative estimate of drug-likeness (QED) is 0.185. The van der Waals surface area contributed by atoms with Gasteiger partial charge in [0.2, 0.25) is 0 Å². The predicted molar refractivity (Wildman–Crippen MR) is 207 cm³/mol. The minimum Gasteiger partial charge on any atom is -0.456 e. The van der Waals surface area contributed by atoms with Gasteiger partial charge in [-0.1, -0.05) is 140 Å². The zero-order valence-corrected chi connectivity index (χ0v) is 27.4. The summed E-state index contributed by atoms with van der Waals surface area (Å²) in [6.45, 7) is 0. The molecule has 3 heterocycles. The summed E-state index contributed by atoms with van der Waals surface area (Å²) < 4.78 is 6.26. The monoisotopic (exact) mass is 652 g/mol. The number of para-hydroxylation sites is 2. The summed E-state index contributed by atoms with van der Waals surface area (Å²) in [5.74, 6) is 1.79. The molecule has 0 unspecified atom stereocenters. The third-order valence-corrected chi connectivity index (χ3v) is 9.55. The van der Waals surface area contributed by atoms with Crippen molar-refractivity contribution in [2.24, 2.45) is 0 Å². The number of rotatable bonds is 5. The van der Waals surface area contributed by atoms with Crippen LogP contribution in [0.25, 0.3) is 100 Å². The molecule has 0 radical (unpaired) electrons. The van der Waals surface area contributed by atoms with Gasteiger partial charge in [0.1, 0.15) is 11.2 Å². The minimum absolute atomic E-state index is 0.587. The first-order valence-electron chi connectivity index (χ1n) is 17.0. The zero-order valence-electron chi connectivity index (χ0n) is 27.4. The molecule has 0 N–H and O–H groups in total. The maximum absolute atomic E-state index is 6.26. The molecule has 0 aliphatic rings. The normalized spacial score (nSPS) is 11.5. The Morgan fingerprint density at radius 2 is 0.980 bits per heavy atom. The smallest absolute Gasteiger partial charge is 0.164 e. The van der Waals surface area contributed by atoms with Crippen molar-refractivity contribution in [1.29, 1.82) is 0 Å². The topological polar surface area (TPSA) is 64.7 Å². The number of benzene rings is 7. The molecule has 10 aromatic rings. The van der Waals surface area contributed by atoms with Crippen LogP contribution in [0.5, 0.6) is 0 Å². The lowest BCUT2D eigenvalue weighted by atomic mass is 9.99. The van der Waals surface area contributed by atoms with Gasteiger partial charge in [-0.2, -0.15) is 0 Å². The molecule has 10 rings (SSSR count). The number of fused-ring (bicyclic) bond motifs is 5. The summed E-state index contributed by atoms with van der Waals surface area (Å²) in [4.78, 5) is 20.5. The molecule has 0 amide bonds. The van der Waals surface area contributed by atoms with Crippen molar-refractivity contribution in [1.82, 2.24) is 19.9 Å². The Morgan fingerprint density at radius 3 is 1.88 bits per heavy atom. The standard InChI is InChI=1S/C46H28N4O/c1-2-10-29(11-3-1)30-20-23-33(24-21-30)44-48-45(50-46(49-44)37-16-9-19-42-43(37)36-14-5-7-18-41(36)51-42)35-15-8-13-31-22-25-34(28-38(31)35)40-27-26-32-12-4-6-17-39(32)47-40/h1-28H. The van der Waals surface area contributed by atoms with Gasteiger partial charge in [0.25, 0.3) is 0 Å². The molecule has 0 saturated carbocycles. The Balaban J connectivity index is 1.18. The number of aromatic nitrogens is 4. The molecule has 0 atom stereocenters. The molecule has 0 spiro atoms. The van der Waals surface area contributed by atoms with Gasteiger partial charge in [-0.15, -0.1) is 0 Å². The molecular weight excluding hydrogens is 625 g/mol. The van der Waals surface area contributed by atoms with Crippen LogP contribution in [0.4, 0.5) is 0 Å².